The normalized spacial score (nSPS) is 9.43. The number of thioether (sulfide) groups is 1. The Morgan fingerprint density at radius 1 is 1.00 bits per heavy atom. The molecule has 0 aliphatic rings. The molecule has 0 saturated carbocycles. The molecule has 0 aromatic carbocycles. The molecule has 0 amide bonds. The van der Waals surface area contributed by atoms with Crippen LogP contribution in [-0.4, -0.2) is 23.0 Å². The summed E-state index contributed by atoms with van der Waals surface area (Å²) in [5.74, 6) is 4.28. The molecule has 0 aromatic rings. The van der Waals surface area contributed by atoms with Crippen molar-refractivity contribution >= 4 is 37.0 Å². The van der Waals surface area contributed by atoms with Crippen LogP contribution in [0.5, 0.6) is 0 Å². The average molecular weight is 154 g/mol. The summed E-state index contributed by atoms with van der Waals surface area (Å²) in [6.07, 6.45) is 0. The summed E-state index contributed by atoms with van der Waals surface area (Å²) in [7, 11) is 0. The minimum atomic E-state index is 0.985. The second-order valence-electron chi connectivity index (χ2n) is 1.06. The molecule has 0 aliphatic heterocycles. The maximum atomic E-state index is 4.05. The maximum Gasteiger partial charge on any atom is 0.00213 e. The summed E-state index contributed by atoms with van der Waals surface area (Å²) < 4.78 is 0. The molecule has 3 heteroatoms. The van der Waals surface area contributed by atoms with Gasteiger partial charge in [0, 0.05) is 11.5 Å². The zero-order valence-corrected chi connectivity index (χ0v) is 6.74. The quantitative estimate of drug-likeness (QED) is 0.458. The fourth-order valence-electron chi connectivity index (χ4n) is 0.231. The largest absolute Gasteiger partial charge is 0.179 e. The zero-order chi connectivity index (χ0) is 5.54. The molecule has 0 fully saturated rings. The van der Waals surface area contributed by atoms with Crippen molar-refractivity contribution < 1.29 is 0 Å². The van der Waals surface area contributed by atoms with Crippen LogP contribution in [0.3, 0.4) is 0 Å². The van der Waals surface area contributed by atoms with Crippen LogP contribution >= 0.6 is 37.0 Å². The predicted octanol–water partition coefficient (Wildman–Crippen LogP) is 1.58. The van der Waals surface area contributed by atoms with Crippen LogP contribution < -0.4 is 0 Å². The highest BCUT2D eigenvalue weighted by Gasteiger charge is 1.80. The van der Waals surface area contributed by atoms with Gasteiger partial charge in [-0.1, -0.05) is 0 Å². The van der Waals surface area contributed by atoms with Crippen LogP contribution in [0.4, 0.5) is 0 Å². The maximum absolute atomic E-state index is 4.05. The van der Waals surface area contributed by atoms with Gasteiger partial charge in [-0.3, -0.25) is 0 Å². The molecular formula is C4H10S3. The lowest BCUT2D eigenvalue weighted by Gasteiger charge is -1.90. The van der Waals surface area contributed by atoms with Gasteiger partial charge in [-0.25, -0.2) is 0 Å². The first kappa shape index (κ1) is 8.05. The minimum Gasteiger partial charge on any atom is -0.179 e. The standard InChI is InChI=1S/C4H10S3/c5-1-3-7-4-2-6/h5-6H,1-4H2. The lowest BCUT2D eigenvalue weighted by atomic mass is 10.9. The van der Waals surface area contributed by atoms with Gasteiger partial charge in [0.05, 0.1) is 0 Å². The van der Waals surface area contributed by atoms with E-state index in [1.54, 1.807) is 0 Å². The number of thiol groups is 2. The molecule has 0 saturated heterocycles. The zero-order valence-electron chi connectivity index (χ0n) is 4.13. The van der Waals surface area contributed by atoms with Crippen LogP contribution in [0.15, 0.2) is 0 Å². The van der Waals surface area contributed by atoms with E-state index in [4.69, 9.17) is 0 Å². The Hall–Kier alpha value is 1.05. The lowest BCUT2D eigenvalue weighted by Crippen LogP contribution is -1.83. The molecule has 0 rings (SSSR count). The second-order valence-corrected chi connectivity index (χ2v) is 3.18. The van der Waals surface area contributed by atoms with Gasteiger partial charge in [0.25, 0.3) is 0 Å². The molecule has 0 N–H and O–H groups in total. The first-order valence-corrected chi connectivity index (χ1v) is 4.63. The van der Waals surface area contributed by atoms with Gasteiger partial charge in [0.1, 0.15) is 0 Å². The van der Waals surface area contributed by atoms with E-state index in [1.165, 1.54) is 0 Å². The molecule has 0 nitrogen and oxygen atoms in total. The molecule has 44 valence electrons. The third-order valence-corrected chi connectivity index (χ3v) is 2.51. The fraction of sp³-hybridized carbons (Fsp3) is 1.00. The third-order valence-electron chi connectivity index (χ3n) is 0.471. The molecule has 0 heterocycles. The van der Waals surface area contributed by atoms with Crippen molar-refractivity contribution in [2.24, 2.45) is 0 Å². The third kappa shape index (κ3) is 7.05. The van der Waals surface area contributed by atoms with Crippen molar-refractivity contribution in [3.8, 4) is 0 Å². The fourth-order valence-corrected chi connectivity index (χ4v) is 1.47. The summed E-state index contributed by atoms with van der Waals surface area (Å²) in [6, 6.07) is 0. The summed E-state index contributed by atoms with van der Waals surface area (Å²) in [5, 5.41) is 0. The molecular weight excluding hydrogens is 144 g/mol. The van der Waals surface area contributed by atoms with Crippen LogP contribution in [0.1, 0.15) is 0 Å². The van der Waals surface area contributed by atoms with E-state index < -0.39 is 0 Å². The van der Waals surface area contributed by atoms with Crippen molar-refractivity contribution in [3.05, 3.63) is 0 Å². The molecule has 0 radical (unpaired) electrons. The highest BCUT2D eigenvalue weighted by atomic mass is 32.2. The molecule has 0 atom stereocenters. The van der Waals surface area contributed by atoms with Gasteiger partial charge >= 0.3 is 0 Å². The monoisotopic (exact) mass is 154 g/mol. The molecule has 0 aromatic heterocycles. The Labute approximate surface area is 60.3 Å². The Morgan fingerprint density at radius 3 is 1.71 bits per heavy atom. The van der Waals surface area contributed by atoms with Crippen molar-refractivity contribution in [2.45, 2.75) is 0 Å². The van der Waals surface area contributed by atoms with Crippen LogP contribution in [0, 0.1) is 0 Å². The first-order chi connectivity index (χ1) is 3.41. The van der Waals surface area contributed by atoms with E-state index in [1.807, 2.05) is 11.8 Å². The van der Waals surface area contributed by atoms with Gasteiger partial charge < -0.3 is 0 Å². The molecule has 7 heavy (non-hydrogen) atoms. The minimum absolute atomic E-state index is 0.985. The van der Waals surface area contributed by atoms with Gasteiger partial charge in [-0.05, 0) is 11.5 Å². The van der Waals surface area contributed by atoms with E-state index in [0.29, 0.717) is 0 Å². The van der Waals surface area contributed by atoms with Gasteiger partial charge in [-0.2, -0.15) is 37.0 Å². The topological polar surface area (TPSA) is 0 Å². The van der Waals surface area contributed by atoms with Crippen LogP contribution in [0.2, 0.25) is 0 Å². The van der Waals surface area contributed by atoms with E-state index >= 15 is 0 Å². The molecule has 0 unspecified atom stereocenters. The highest BCUT2D eigenvalue weighted by molar-refractivity contribution is 8.00. The molecule has 0 spiro atoms. The predicted molar refractivity (Wildman–Crippen MR) is 45.0 cm³/mol. The Balaban J connectivity index is 2.45. The molecule has 0 aliphatic carbocycles. The van der Waals surface area contributed by atoms with E-state index in [0.717, 1.165) is 23.0 Å². The number of rotatable bonds is 4. The van der Waals surface area contributed by atoms with Gasteiger partial charge in [0.15, 0.2) is 0 Å². The summed E-state index contributed by atoms with van der Waals surface area (Å²) in [4.78, 5) is 0. The lowest BCUT2D eigenvalue weighted by molar-refractivity contribution is 1.50. The average Bonchev–Trinajstić information content (AvgIpc) is 1.69. The van der Waals surface area contributed by atoms with Crippen LogP contribution in [0.25, 0.3) is 0 Å². The Kier molecular flexibility index (Phi) is 8.11. The van der Waals surface area contributed by atoms with E-state index in [2.05, 4.69) is 25.3 Å². The summed E-state index contributed by atoms with van der Waals surface area (Å²) in [6.45, 7) is 0. The van der Waals surface area contributed by atoms with Gasteiger partial charge in [-0.15, -0.1) is 0 Å². The SMILES string of the molecule is SCCSCCS. The van der Waals surface area contributed by atoms with Crippen molar-refractivity contribution in [3.63, 3.8) is 0 Å². The van der Waals surface area contributed by atoms with Crippen molar-refractivity contribution in [2.75, 3.05) is 23.0 Å². The second kappa shape index (κ2) is 7.05. The molecule has 0 bridgehead atoms. The Morgan fingerprint density at radius 2 is 1.43 bits per heavy atom. The van der Waals surface area contributed by atoms with Crippen molar-refractivity contribution in [1.82, 2.24) is 0 Å². The summed E-state index contributed by atoms with van der Waals surface area (Å²) in [5.41, 5.74) is 0. The highest BCUT2D eigenvalue weighted by Crippen LogP contribution is 1.99. The van der Waals surface area contributed by atoms with E-state index in [9.17, 15) is 0 Å². The smallest absolute Gasteiger partial charge is 0.00213 e. The number of hydrogen-bond acceptors (Lipinski definition) is 3. The van der Waals surface area contributed by atoms with E-state index in [-0.39, 0.29) is 0 Å². The van der Waals surface area contributed by atoms with Crippen molar-refractivity contribution in [1.29, 1.82) is 0 Å². The van der Waals surface area contributed by atoms with Gasteiger partial charge in [0.2, 0.25) is 0 Å². The van der Waals surface area contributed by atoms with Crippen LogP contribution in [-0.2, 0) is 0 Å². The first-order valence-electron chi connectivity index (χ1n) is 2.21. The number of hydrogen-bond donors (Lipinski definition) is 2. The summed E-state index contributed by atoms with van der Waals surface area (Å²) >= 11 is 10.00. The Bertz CT molecular complexity index is 26.1.